The average molecular weight is 309 g/mol. The third kappa shape index (κ3) is 2.99. The van der Waals surface area contributed by atoms with Gasteiger partial charge in [-0.15, -0.1) is 0 Å². The fourth-order valence-corrected chi connectivity index (χ4v) is 3.55. The van der Waals surface area contributed by atoms with Crippen LogP contribution in [0.4, 0.5) is 0 Å². The molecule has 1 aliphatic rings. The Morgan fingerprint density at radius 2 is 2.00 bits per heavy atom. The van der Waals surface area contributed by atoms with E-state index >= 15 is 0 Å². The van der Waals surface area contributed by atoms with Crippen molar-refractivity contribution >= 4 is 21.0 Å². The van der Waals surface area contributed by atoms with E-state index in [0.29, 0.717) is 30.4 Å². The van der Waals surface area contributed by atoms with Crippen LogP contribution in [0.3, 0.4) is 0 Å². The lowest BCUT2D eigenvalue weighted by molar-refractivity contribution is 0.0453. The number of aliphatic hydroxyl groups excluding tert-OH is 1. The van der Waals surface area contributed by atoms with Gasteiger partial charge in [0.2, 0.25) is 10.0 Å². The summed E-state index contributed by atoms with van der Waals surface area (Å²) in [6, 6.07) is 7.13. The number of hydrogen-bond acceptors (Lipinski definition) is 5. The van der Waals surface area contributed by atoms with E-state index in [4.69, 9.17) is 4.42 Å². The van der Waals surface area contributed by atoms with E-state index in [1.165, 1.54) is 30.3 Å². The third-order valence-corrected chi connectivity index (χ3v) is 5.10. The summed E-state index contributed by atoms with van der Waals surface area (Å²) in [5.41, 5.74) is -0.122. The van der Waals surface area contributed by atoms with Gasteiger partial charge in [-0.1, -0.05) is 0 Å². The van der Waals surface area contributed by atoms with Crippen LogP contribution in [0.1, 0.15) is 12.8 Å². The second-order valence-corrected chi connectivity index (χ2v) is 7.06. The van der Waals surface area contributed by atoms with Crippen molar-refractivity contribution in [1.82, 2.24) is 4.72 Å². The Balaban J connectivity index is 1.81. The number of hydrogen-bond donors (Lipinski definition) is 2. The molecule has 1 saturated carbocycles. The molecule has 1 heterocycles. The van der Waals surface area contributed by atoms with Crippen LogP contribution in [0.2, 0.25) is 0 Å². The number of rotatable bonds is 4. The highest BCUT2D eigenvalue weighted by Gasteiger charge is 2.28. The minimum atomic E-state index is -3.60. The van der Waals surface area contributed by atoms with Gasteiger partial charge in [0.25, 0.3) is 0 Å². The maximum Gasteiger partial charge on any atom is 0.336 e. The first kappa shape index (κ1) is 14.2. The monoisotopic (exact) mass is 309 g/mol. The van der Waals surface area contributed by atoms with Gasteiger partial charge >= 0.3 is 5.63 Å². The van der Waals surface area contributed by atoms with Crippen molar-refractivity contribution in [3.63, 3.8) is 0 Å². The number of aliphatic hydroxyl groups is 1. The maximum absolute atomic E-state index is 12.2. The van der Waals surface area contributed by atoms with Gasteiger partial charge in [0.05, 0.1) is 11.0 Å². The molecule has 1 aliphatic carbocycles. The van der Waals surface area contributed by atoms with Gasteiger partial charge in [0.1, 0.15) is 5.58 Å². The average Bonchev–Trinajstić information content (AvgIpc) is 2.41. The first-order valence-corrected chi connectivity index (χ1v) is 8.14. The summed E-state index contributed by atoms with van der Waals surface area (Å²) in [5.74, 6) is 0.188. The van der Waals surface area contributed by atoms with Crippen molar-refractivity contribution in [2.24, 2.45) is 5.92 Å². The molecule has 1 fully saturated rings. The summed E-state index contributed by atoms with van der Waals surface area (Å²) >= 11 is 0. The lowest BCUT2D eigenvalue weighted by Gasteiger charge is -2.31. The summed E-state index contributed by atoms with van der Waals surface area (Å²) in [7, 11) is -3.60. The minimum Gasteiger partial charge on any atom is -0.423 e. The van der Waals surface area contributed by atoms with E-state index < -0.39 is 15.6 Å². The molecule has 21 heavy (non-hydrogen) atoms. The standard InChI is InChI=1S/C14H15NO5S/c16-11-5-9(6-11)8-15-21(18,19)12-2-3-13-10(7-12)1-4-14(17)20-13/h1-4,7,9,11,15-16H,5-6,8H2. The highest BCUT2D eigenvalue weighted by molar-refractivity contribution is 7.89. The zero-order valence-electron chi connectivity index (χ0n) is 11.2. The van der Waals surface area contributed by atoms with Crippen LogP contribution in [0.15, 0.2) is 44.4 Å². The van der Waals surface area contributed by atoms with E-state index in [1.807, 2.05) is 0 Å². The lowest BCUT2D eigenvalue weighted by Crippen LogP contribution is -2.38. The SMILES string of the molecule is O=c1ccc2cc(S(=O)(=O)NCC3CC(O)C3)ccc2o1. The minimum absolute atomic E-state index is 0.128. The zero-order valence-corrected chi connectivity index (χ0v) is 12.0. The Morgan fingerprint density at radius 1 is 1.24 bits per heavy atom. The van der Waals surface area contributed by atoms with Gasteiger partial charge < -0.3 is 9.52 Å². The van der Waals surface area contributed by atoms with Crippen molar-refractivity contribution in [2.45, 2.75) is 23.8 Å². The Labute approximate surface area is 121 Å². The molecular formula is C14H15NO5S. The molecule has 0 unspecified atom stereocenters. The maximum atomic E-state index is 12.2. The van der Waals surface area contributed by atoms with Crippen molar-refractivity contribution in [2.75, 3.05) is 6.54 Å². The molecule has 6 nitrogen and oxygen atoms in total. The summed E-state index contributed by atoms with van der Waals surface area (Å²) in [4.78, 5) is 11.2. The van der Waals surface area contributed by atoms with E-state index in [-0.39, 0.29) is 16.9 Å². The van der Waals surface area contributed by atoms with Crippen LogP contribution < -0.4 is 10.3 Å². The highest BCUT2D eigenvalue weighted by atomic mass is 32.2. The Kier molecular flexibility index (Phi) is 3.56. The number of sulfonamides is 1. The van der Waals surface area contributed by atoms with Crippen LogP contribution >= 0.6 is 0 Å². The summed E-state index contributed by atoms with van der Waals surface area (Å²) in [6.07, 6.45) is 0.958. The Hall–Kier alpha value is -1.70. The quantitative estimate of drug-likeness (QED) is 0.816. The second kappa shape index (κ2) is 5.25. The normalized spacial score (nSPS) is 22.1. The molecule has 0 atom stereocenters. The smallest absolute Gasteiger partial charge is 0.336 e. The topological polar surface area (TPSA) is 96.6 Å². The predicted molar refractivity (Wildman–Crippen MR) is 76.4 cm³/mol. The van der Waals surface area contributed by atoms with Crippen LogP contribution in [0.25, 0.3) is 11.0 Å². The van der Waals surface area contributed by atoms with Crippen molar-refractivity contribution in [3.05, 3.63) is 40.8 Å². The second-order valence-electron chi connectivity index (χ2n) is 5.30. The molecule has 2 N–H and O–H groups in total. The van der Waals surface area contributed by atoms with E-state index in [1.54, 1.807) is 0 Å². The van der Waals surface area contributed by atoms with Crippen molar-refractivity contribution in [3.8, 4) is 0 Å². The van der Waals surface area contributed by atoms with Gasteiger partial charge in [0, 0.05) is 18.0 Å². The molecule has 112 valence electrons. The molecule has 2 aromatic rings. The van der Waals surface area contributed by atoms with Crippen LogP contribution in [-0.2, 0) is 10.0 Å². The molecule has 0 aliphatic heterocycles. The first-order valence-electron chi connectivity index (χ1n) is 6.66. The molecule has 1 aromatic heterocycles. The van der Waals surface area contributed by atoms with Crippen molar-refractivity contribution in [1.29, 1.82) is 0 Å². The molecule has 1 aromatic carbocycles. The molecule has 0 radical (unpaired) electrons. The van der Waals surface area contributed by atoms with E-state index in [2.05, 4.69) is 4.72 Å². The Bertz CT molecular complexity index is 821. The fraction of sp³-hybridized carbons (Fsp3) is 0.357. The third-order valence-electron chi connectivity index (χ3n) is 3.67. The molecule has 0 spiro atoms. The molecule has 0 saturated heterocycles. The van der Waals surface area contributed by atoms with Gasteiger partial charge in [-0.25, -0.2) is 17.9 Å². The zero-order chi connectivity index (χ0) is 15.0. The lowest BCUT2D eigenvalue weighted by atomic mass is 9.83. The number of benzene rings is 1. The van der Waals surface area contributed by atoms with Gasteiger partial charge in [-0.2, -0.15) is 0 Å². The summed E-state index contributed by atoms with van der Waals surface area (Å²) in [5, 5.41) is 9.74. The van der Waals surface area contributed by atoms with Gasteiger partial charge in [-0.3, -0.25) is 0 Å². The summed E-state index contributed by atoms with van der Waals surface area (Å²) in [6.45, 7) is 0.321. The van der Waals surface area contributed by atoms with Crippen LogP contribution in [0.5, 0.6) is 0 Å². The fourth-order valence-electron chi connectivity index (χ4n) is 2.40. The first-order chi connectivity index (χ1) is 9.94. The van der Waals surface area contributed by atoms with Gasteiger partial charge in [0.15, 0.2) is 0 Å². The number of fused-ring (bicyclic) bond motifs is 1. The Morgan fingerprint density at radius 3 is 2.71 bits per heavy atom. The highest BCUT2D eigenvalue weighted by Crippen LogP contribution is 2.26. The molecule has 0 amide bonds. The molecule has 3 rings (SSSR count). The van der Waals surface area contributed by atoms with E-state index in [0.717, 1.165) is 0 Å². The van der Waals surface area contributed by atoms with Crippen molar-refractivity contribution < 1.29 is 17.9 Å². The summed E-state index contributed by atoms with van der Waals surface area (Å²) < 4.78 is 31.9. The van der Waals surface area contributed by atoms with E-state index in [9.17, 15) is 18.3 Å². The predicted octanol–water partition coefficient (Wildman–Crippen LogP) is 0.842. The van der Waals surface area contributed by atoms with Crippen LogP contribution in [-0.4, -0.2) is 26.2 Å². The molecule has 0 bridgehead atoms. The van der Waals surface area contributed by atoms with Gasteiger partial charge in [-0.05, 0) is 43.0 Å². The molecule has 7 heteroatoms. The largest absolute Gasteiger partial charge is 0.423 e. The molecular weight excluding hydrogens is 294 g/mol. The van der Waals surface area contributed by atoms with Crippen LogP contribution in [0, 0.1) is 5.92 Å². The number of nitrogens with one attached hydrogen (secondary N) is 1.